The number of aliphatic hydroxyl groups is 1. The van der Waals surface area contributed by atoms with Gasteiger partial charge < -0.3 is 15.2 Å². The molecule has 6 nitrogen and oxygen atoms in total. The minimum Gasteiger partial charge on any atom is -0.467 e. The van der Waals surface area contributed by atoms with E-state index in [9.17, 15) is 0 Å². The average molecular weight is 231 g/mol. The number of hydrogen-bond donors (Lipinski definition) is 2. The fourth-order valence-corrected chi connectivity index (χ4v) is 1.53. The largest absolute Gasteiger partial charge is 0.467 e. The van der Waals surface area contributed by atoms with Crippen LogP contribution in [-0.4, -0.2) is 39.3 Å². The fraction of sp³-hybridized carbons (Fsp3) is 0.625. The number of anilines is 1. The topological polar surface area (TPSA) is 80.2 Å². The average Bonchev–Trinajstić information content (AvgIpc) is 2.14. The van der Waals surface area contributed by atoms with Crippen molar-refractivity contribution in [2.24, 2.45) is 0 Å². The van der Waals surface area contributed by atoms with Gasteiger partial charge in [-0.25, -0.2) is 0 Å². The lowest BCUT2D eigenvalue weighted by molar-refractivity contribution is 0.0834. The summed E-state index contributed by atoms with van der Waals surface area (Å²) in [6.07, 6.45) is 1.18. The molecule has 82 valence electrons. The van der Waals surface area contributed by atoms with Crippen LogP contribution < -0.4 is 10.1 Å². The Morgan fingerprint density at radius 1 is 1.40 bits per heavy atom. The van der Waals surface area contributed by atoms with Gasteiger partial charge in [-0.2, -0.15) is 15.0 Å². The Hall–Kier alpha value is -1.14. The highest BCUT2D eigenvalue weighted by Crippen LogP contribution is 2.23. The molecule has 0 spiro atoms. The Balaban J connectivity index is 2.04. The first-order valence-electron chi connectivity index (χ1n) is 4.57. The van der Waals surface area contributed by atoms with Crippen LogP contribution in [0.15, 0.2) is 0 Å². The second-order valence-corrected chi connectivity index (χ2v) is 3.72. The van der Waals surface area contributed by atoms with Crippen LogP contribution in [0.4, 0.5) is 5.95 Å². The quantitative estimate of drug-likeness (QED) is 0.786. The summed E-state index contributed by atoms with van der Waals surface area (Å²) >= 11 is 5.67. The normalized spacial score (nSPS) is 24.5. The summed E-state index contributed by atoms with van der Waals surface area (Å²) < 4.78 is 4.85. The van der Waals surface area contributed by atoms with Crippen LogP contribution in [0.5, 0.6) is 6.01 Å². The molecule has 1 saturated carbocycles. The molecule has 1 heterocycles. The highest BCUT2D eigenvalue weighted by atomic mass is 35.5. The van der Waals surface area contributed by atoms with Gasteiger partial charge >= 0.3 is 6.01 Å². The summed E-state index contributed by atoms with van der Waals surface area (Å²) in [5.41, 5.74) is 0. The maximum Gasteiger partial charge on any atom is 0.322 e. The van der Waals surface area contributed by atoms with Crippen LogP contribution in [-0.2, 0) is 0 Å². The molecule has 2 N–H and O–H groups in total. The maximum atomic E-state index is 9.11. The second-order valence-electron chi connectivity index (χ2n) is 3.38. The van der Waals surface area contributed by atoms with Crippen LogP contribution in [0.1, 0.15) is 12.8 Å². The monoisotopic (exact) mass is 230 g/mol. The molecule has 0 bridgehead atoms. The molecule has 0 aromatic carbocycles. The van der Waals surface area contributed by atoms with Crippen molar-refractivity contribution < 1.29 is 9.84 Å². The van der Waals surface area contributed by atoms with E-state index in [1.165, 1.54) is 7.11 Å². The Morgan fingerprint density at radius 2 is 2.13 bits per heavy atom. The smallest absolute Gasteiger partial charge is 0.322 e. The van der Waals surface area contributed by atoms with Gasteiger partial charge in [-0.15, -0.1) is 0 Å². The minimum atomic E-state index is -0.221. The number of ether oxygens (including phenoxy) is 1. The number of aliphatic hydroxyl groups excluding tert-OH is 1. The Bertz CT molecular complexity index is 356. The van der Waals surface area contributed by atoms with Crippen molar-refractivity contribution in [1.29, 1.82) is 0 Å². The first-order valence-corrected chi connectivity index (χ1v) is 4.95. The van der Waals surface area contributed by atoms with E-state index >= 15 is 0 Å². The lowest BCUT2D eigenvalue weighted by Crippen LogP contribution is -2.39. The van der Waals surface area contributed by atoms with Crippen molar-refractivity contribution in [3.63, 3.8) is 0 Å². The summed E-state index contributed by atoms with van der Waals surface area (Å²) in [7, 11) is 1.46. The molecule has 0 amide bonds. The highest BCUT2D eigenvalue weighted by molar-refractivity contribution is 6.28. The molecule has 0 radical (unpaired) electrons. The van der Waals surface area contributed by atoms with E-state index in [1.807, 2.05) is 0 Å². The number of halogens is 1. The molecule has 1 aromatic rings. The van der Waals surface area contributed by atoms with E-state index < -0.39 is 0 Å². The van der Waals surface area contributed by atoms with Gasteiger partial charge in [-0.05, 0) is 24.4 Å². The van der Waals surface area contributed by atoms with Gasteiger partial charge in [0.25, 0.3) is 0 Å². The second kappa shape index (κ2) is 4.16. The van der Waals surface area contributed by atoms with Gasteiger partial charge in [0.2, 0.25) is 11.2 Å². The van der Waals surface area contributed by atoms with Gasteiger partial charge in [0, 0.05) is 6.04 Å². The Labute approximate surface area is 91.7 Å². The Kier molecular flexibility index (Phi) is 2.88. The molecule has 0 atom stereocenters. The van der Waals surface area contributed by atoms with Gasteiger partial charge in [0.05, 0.1) is 13.2 Å². The first-order chi connectivity index (χ1) is 7.17. The number of rotatable bonds is 3. The summed E-state index contributed by atoms with van der Waals surface area (Å²) in [4.78, 5) is 11.6. The molecule has 0 aliphatic heterocycles. The number of nitrogens with one attached hydrogen (secondary N) is 1. The molecule has 15 heavy (non-hydrogen) atoms. The minimum absolute atomic E-state index is 0.0872. The molecular weight excluding hydrogens is 220 g/mol. The lowest BCUT2D eigenvalue weighted by Gasteiger charge is -2.31. The van der Waals surface area contributed by atoms with E-state index in [0.717, 1.165) is 0 Å². The maximum absolute atomic E-state index is 9.11. The predicted molar refractivity (Wildman–Crippen MR) is 54.0 cm³/mol. The first kappa shape index (κ1) is 10.4. The van der Waals surface area contributed by atoms with Crippen molar-refractivity contribution >= 4 is 17.5 Å². The number of methoxy groups -OCH3 is 1. The van der Waals surface area contributed by atoms with Gasteiger partial charge in [0.15, 0.2) is 0 Å². The van der Waals surface area contributed by atoms with E-state index in [1.54, 1.807) is 0 Å². The van der Waals surface area contributed by atoms with Crippen LogP contribution in [0, 0.1) is 0 Å². The Morgan fingerprint density at radius 3 is 2.73 bits per heavy atom. The number of hydrogen-bond acceptors (Lipinski definition) is 6. The molecule has 1 aliphatic carbocycles. The van der Waals surface area contributed by atoms with Gasteiger partial charge in [-0.3, -0.25) is 0 Å². The lowest BCUT2D eigenvalue weighted by atomic mass is 9.90. The van der Waals surface area contributed by atoms with E-state index in [0.29, 0.717) is 18.8 Å². The van der Waals surface area contributed by atoms with Crippen molar-refractivity contribution in [3.8, 4) is 6.01 Å². The van der Waals surface area contributed by atoms with E-state index in [4.69, 9.17) is 21.4 Å². The van der Waals surface area contributed by atoms with Crippen molar-refractivity contribution in [2.45, 2.75) is 25.0 Å². The van der Waals surface area contributed by atoms with Gasteiger partial charge in [-0.1, -0.05) is 0 Å². The third-order valence-electron chi connectivity index (χ3n) is 2.22. The molecular formula is C8H11ClN4O2. The highest BCUT2D eigenvalue weighted by Gasteiger charge is 2.27. The predicted octanol–water partition coefficient (Wildman–Crippen LogP) is 0.469. The fourth-order valence-electron chi connectivity index (χ4n) is 1.38. The molecule has 2 rings (SSSR count). The number of nitrogens with zero attached hydrogens (tertiary/aromatic N) is 3. The standard InChI is InChI=1S/C8H11ClN4O2/c1-15-8-12-6(9)11-7(13-8)10-4-2-5(14)3-4/h4-5,14H,2-3H2,1H3,(H,10,11,12,13). The van der Waals surface area contributed by atoms with Crippen molar-refractivity contribution in [2.75, 3.05) is 12.4 Å². The molecule has 1 aromatic heterocycles. The zero-order valence-electron chi connectivity index (χ0n) is 8.14. The van der Waals surface area contributed by atoms with Crippen molar-refractivity contribution in [3.05, 3.63) is 5.28 Å². The van der Waals surface area contributed by atoms with Crippen LogP contribution in [0.2, 0.25) is 5.28 Å². The third-order valence-corrected chi connectivity index (χ3v) is 2.39. The van der Waals surface area contributed by atoms with Crippen LogP contribution in [0.3, 0.4) is 0 Å². The van der Waals surface area contributed by atoms with E-state index in [2.05, 4.69) is 20.3 Å². The summed E-state index contributed by atoms with van der Waals surface area (Å²) in [5.74, 6) is 0.378. The van der Waals surface area contributed by atoms with Gasteiger partial charge in [0.1, 0.15) is 0 Å². The zero-order valence-corrected chi connectivity index (χ0v) is 8.90. The summed E-state index contributed by atoms with van der Waals surface area (Å²) in [6.45, 7) is 0. The summed E-state index contributed by atoms with van der Waals surface area (Å²) in [6, 6.07) is 0.376. The van der Waals surface area contributed by atoms with Crippen LogP contribution in [0.25, 0.3) is 0 Å². The van der Waals surface area contributed by atoms with Crippen LogP contribution >= 0.6 is 11.6 Å². The zero-order chi connectivity index (χ0) is 10.8. The molecule has 0 unspecified atom stereocenters. The molecule has 0 saturated heterocycles. The summed E-state index contributed by atoms with van der Waals surface area (Å²) in [5, 5.41) is 12.2. The molecule has 1 aliphatic rings. The van der Waals surface area contributed by atoms with Crippen molar-refractivity contribution in [1.82, 2.24) is 15.0 Å². The third kappa shape index (κ3) is 2.45. The molecule has 1 fully saturated rings. The SMILES string of the molecule is COc1nc(Cl)nc(NC2CC(O)C2)n1. The number of aromatic nitrogens is 3. The van der Waals surface area contributed by atoms with E-state index in [-0.39, 0.29) is 23.4 Å². The molecule has 7 heteroatoms.